The maximum atomic E-state index is 2.59. The number of nitrogens with zero attached hydrogens (tertiary/aromatic N) is 1. The molecule has 1 spiro atoms. The third-order valence-corrected chi connectivity index (χ3v) is 14.7. The topological polar surface area (TPSA) is 3.24 Å². The van der Waals surface area contributed by atoms with E-state index in [9.17, 15) is 0 Å². The van der Waals surface area contributed by atoms with Crippen LogP contribution in [0.1, 0.15) is 73.9 Å². The molecule has 0 atom stereocenters. The first-order valence-corrected chi connectivity index (χ1v) is 22.3. The highest BCUT2D eigenvalue weighted by Gasteiger charge is 2.52. The van der Waals surface area contributed by atoms with E-state index < -0.39 is 5.41 Å². The van der Waals surface area contributed by atoms with E-state index in [2.05, 4.69) is 233 Å². The second-order valence-corrected chi connectivity index (χ2v) is 19.0. The van der Waals surface area contributed by atoms with Gasteiger partial charge in [0, 0.05) is 16.9 Å². The third kappa shape index (κ3) is 5.21. The molecule has 0 heterocycles. The van der Waals surface area contributed by atoms with Gasteiger partial charge in [-0.3, -0.25) is 0 Å². The van der Waals surface area contributed by atoms with Gasteiger partial charge in [0.05, 0.1) is 11.1 Å². The molecule has 0 unspecified atom stereocenters. The third-order valence-electron chi connectivity index (χ3n) is 14.7. The van der Waals surface area contributed by atoms with Crippen molar-refractivity contribution in [1.29, 1.82) is 0 Å². The van der Waals surface area contributed by atoms with Gasteiger partial charge in [0.2, 0.25) is 0 Å². The number of fused-ring (bicyclic) bond motifs is 12. The summed E-state index contributed by atoms with van der Waals surface area (Å²) in [6.07, 6.45) is 2.31. The summed E-state index contributed by atoms with van der Waals surface area (Å²) in [6, 6.07) is 75.5. The van der Waals surface area contributed by atoms with Crippen LogP contribution in [0.2, 0.25) is 0 Å². The van der Waals surface area contributed by atoms with Gasteiger partial charge < -0.3 is 4.90 Å². The molecular weight excluding hydrogens is 747 g/mol. The summed E-state index contributed by atoms with van der Waals surface area (Å²) < 4.78 is 0. The SMILES string of the molecule is CC1(C)CCC(C)(C)c2c(-c3cc4c(cc3N(c3ccccc3)c3ccc(-c5cccc6ccccc56)cc3)C3(c5ccccc5-c5ccccc53)c3ccccc3-4)cccc21. The zero-order chi connectivity index (χ0) is 41.8. The molecule has 0 bridgehead atoms. The number of para-hydroxylation sites is 1. The number of hydrogen-bond acceptors (Lipinski definition) is 1. The van der Waals surface area contributed by atoms with Gasteiger partial charge in [0.1, 0.15) is 0 Å². The standard InChI is InChI=1S/C61H49N/c1-59(2)36-37-60(3,4)58-49(27-17-31-55(58)59)51-38-50-48-25-12-15-30-54(48)61(52-28-13-10-23-46(52)47-24-11-14-29-53(47)61)56(50)39-57(51)62(42-20-6-5-7-21-42)43-34-32-41(33-35-43)45-26-16-19-40-18-8-9-22-44(40)45/h5-35,38-39H,36-37H2,1-4H3. The van der Waals surface area contributed by atoms with Crippen LogP contribution >= 0.6 is 0 Å². The van der Waals surface area contributed by atoms with E-state index in [4.69, 9.17) is 0 Å². The quantitative estimate of drug-likeness (QED) is 0.168. The summed E-state index contributed by atoms with van der Waals surface area (Å²) in [5.74, 6) is 0. The predicted molar refractivity (Wildman–Crippen MR) is 261 cm³/mol. The van der Waals surface area contributed by atoms with Gasteiger partial charge in [-0.2, -0.15) is 0 Å². The Balaban J connectivity index is 1.18. The fraction of sp³-hybridized carbons (Fsp3) is 0.148. The van der Waals surface area contributed by atoms with Crippen LogP contribution in [0, 0.1) is 0 Å². The molecule has 3 aliphatic rings. The van der Waals surface area contributed by atoms with E-state index in [-0.39, 0.29) is 10.8 Å². The zero-order valence-electron chi connectivity index (χ0n) is 35.9. The average Bonchev–Trinajstić information content (AvgIpc) is 3.77. The Morgan fingerprint density at radius 2 is 0.855 bits per heavy atom. The van der Waals surface area contributed by atoms with E-state index in [0.717, 1.165) is 17.8 Å². The van der Waals surface area contributed by atoms with Crippen molar-refractivity contribution in [3.8, 4) is 44.5 Å². The van der Waals surface area contributed by atoms with Crippen molar-refractivity contribution in [2.75, 3.05) is 4.90 Å². The van der Waals surface area contributed by atoms with E-state index in [1.54, 1.807) is 0 Å². The molecule has 1 nitrogen and oxygen atoms in total. The monoisotopic (exact) mass is 795 g/mol. The van der Waals surface area contributed by atoms with Gasteiger partial charge in [0.15, 0.2) is 0 Å². The maximum absolute atomic E-state index is 2.59. The van der Waals surface area contributed by atoms with Crippen LogP contribution in [0.15, 0.2) is 200 Å². The molecule has 0 saturated carbocycles. The van der Waals surface area contributed by atoms with Crippen molar-refractivity contribution in [3.63, 3.8) is 0 Å². The zero-order valence-corrected chi connectivity index (χ0v) is 35.9. The molecule has 0 amide bonds. The van der Waals surface area contributed by atoms with Crippen molar-refractivity contribution in [2.24, 2.45) is 0 Å². The summed E-state index contributed by atoms with van der Waals surface area (Å²) in [6.45, 7) is 9.82. The molecular formula is C61H49N. The average molecular weight is 796 g/mol. The van der Waals surface area contributed by atoms with E-state index in [0.29, 0.717) is 0 Å². The Hall–Kier alpha value is -6.96. The Labute approximate surface area is 366 Å². The normalized spacial score (nSPS) is 15.7. The minimum atomic E-state index is -0.468. The van der Waals surface area contributed by atoms with Crippen molar-refractivity contribution < 1.29 is 0 Å². The van der Waals surface area contributed by atoms with Crippen molar-refractivity contribution in [3.05, 3.63) is 234 Å². The van der Waals surface area contributed by atoms with Gasteiger partial charge in [-0.25, -0.2) is 0 Å². The van der Waals surface area contributed by atoms with Crippen molar-refractivity contribution >= 4 is 27.8 Å². The molecule has 9 aromatic carbocycles. The highest BCUT2D eigenvalue weighted by molar-refractivity contribution is 6.01. The minimum Gasteiger partial charge on any atom is -0.310 e. The van der Waals surface area contributed by atoms with Gasteiger partial charge in [-0.1, -0.05) is 191 Å². The van der Waals surface area contributed by atoms with Gasteiger partial charge in [-0.15, -0.1) is 0 Å². The van der Waals surface area contributed by atoms with Crippen molar-refractivity contribution in [1.82, 2.24) is 0 Å². The number of rotatable bonds is 5. The molecule has 0 radical (unpaired) electrons. The number of hydrogen-bond donors (Lipinski definition) is 0. The Morgan fingerprint density at radius 3 is 1.55 bits per heavy atom. The second-order valence-electron chi connectivity index (χ2n) is 19.0. The van der Waals surface area contributed by atoms with E-state index >= 15 is 0 Å². The first kappa shape index (κ1) is 36.9. The molecule has 3 aliphatic carbocycles. The summed E-state index contributed by atoms with van der Waals surface area (Å²) >= 11 is 0. The number of anilines is 3. The van der Waals surface area contributed by atoms with Crippen LogP contribution in [-0.2, 0) is 16.2 Å². The van der Waals surface area contributed by atoms with Gasteiger partial charge in [-0.05, 0) is 143 Å². The smallest absolute Gasteiger partial charge is 0.0726 e. The molecule has 0 fully saturated rings. The Kier molecular flexibility index (Phi) is 8.04. The van der Waals surface area contributed by atoms with Crippen LogP contribution in [0.3, 0.4) is 0 Å². The molecule has 1 heteroatoms. The van der Waals surface area contributed by atoms with Crippen LogP contribution in [0.5, 0.6) is 0 Å². The van der Waals surface area contributed by atoms with E-state index in [1.165, 1.54) is 101 Å². The fourth-order valence-electron chi connectivity index (χ4n) is 11.8. The Bertz CT molecular complexity index is 3190. The minimum absolute atomic E-state index is 0.00211. The summed E-state index contributed by atoms with van der Waals surface area (Å²) in [5, 5.41) is 2.52. The summed E-state index contributed by atoms with van der Waals surface area (Å²) in [7, 11) is 0. The lowest BCUT2D eigenvalue weighted by atomic mass is 9.61. The van der Waals surface area contributed by atoms with Crippen molar-refractivity contribution in [2.45, 2.75) is 56.8 Å². The predicted octanol–water partition coefficient (Wildman–Crippen LogP) is 16.3. The second kappa shape index (κ2) is 13.5. The first-order valence-electron chi connectivity index (χ1n) is 22.3. The lowest BCUT2D eigenvalue weighted by Gasteiger charge is -2.43. The molecule has 0 N–H and O–H groups in total. The fourth-order valence-corrected chi connectivity index (χ4v) is 11.8. The molecule has 0 saturated heterocycles. The summed E-state index contributed by atoms with van der Waals surface area (Å²) in [5.41, 5.74) is 21.7. The Morgan fingerprint density at radius 1 is 0.355 bits per heavy atom. The lowest BCUT2D eigenvalue weighted by Crippen LogP contribution is -2.34. The molecule has 0 aromatic heterocycles. The molecule has 0 aliphatic heterocycles. The van der Waals surface area contributed by atoms with Crippen LogP contribution < -0.4 is 4.90 Å². The molecule has 298 valence electrons. The van der Waals surface area contributed by atoms with Gasteiger partial charge in [0.25, 0.3) is 0 Å². The molecule has 62 heavy (non-hydrogen) atoms. The molecule has 12 rings (SSSR count). The number of benzene rings is 9. The molecule has 9 aromatic rings. The van der Waals surface area contributed by atoms with Crippen LogP contribution in [0.25, 0.3) is 55.3 Å². The first-order chi connectivity index (χ1) is 30.3. The van der Waals surface area contributed by atoms with Crippen LogP contribution in [0.4, 0.5) is 17.1 Å². The maximum Gasteiger partial charge on any atom is 0.0726 e. The largest absolute Gasteiger partial charge is 0.310 e. The van der Waals surface area contributed by atoms with E-state index in [1.807, 2.05) is 0 Å². The highest BCUT2D eigenvalue weighted by atomic mass is 15.1. The van der Waals surface area contributed by atoms with Crippen LogP contribution in [-0.4, -0.2) is 0 Å². The highest BCUT2D eigenvalue weighted by Crippen LogP contribution is 2.64. The lowest BCUT2D eigenvalue weighted by molar-refractivity contribution is 0.333. The van der Waals surface area contributed by atoms with Gasteiger partial charge >= 0.3 is 0 Å². The summed E-state index contributed by atoms with van der Waals surface area (Å²) in [4.78, 5) is 2.53.